The van der Waals surface area contributed by atoms with E-state index >= 15 is 0 Å². The molecule has 1 rings (SSSR count). The average molecular weight is 210 g/mol. The SMILES string of the molecule is CCCCCCC(C)CCCCC1CC1. The van der Waals surface area contributed by atoms with Crippen LogP contribution >= 0.6 is 0 Å². The Morgan fingerprint density at radius 3 is 2.20 bits per heavy atom. The van der Waals surface area contributed by atoms with E-state index in [2.05, 4.69) is 13.8 Å². The van der Waals surface area contributed by atoms with Crippen LogP contribution in [0.15, 0.2) is 0 Å². The molecular weight excluding hydrogens is 180 g/mol. The van der Waals surface area contributed by atoms with Crippen molar-refractivity contribution in [2.24, 2.45) is 11.8 Å². The summed E-state index contributed by atoms with van der Waals surface area (Å²) in [5.41, 5.74) is 0. The first-order chi connectivity index (χ1) is 7.33. The molecule has 0 amide bonds. The average Bonchev–Trinajstić information content (AvgIpc) is 3.03. The summed E-state index contributed by atoms with van der Waals surface area (Å²) in [6.45, 7) is 4.74. The van der Waals surface area contributed by atoms with Crippen molar-refractivity contribution in [1.82, 2.24) is 0 Å². The predicted molar refractivity (Wildman–Crippen MR) is 69.1 cm³/mol. The van der Waals surface area contributed by atoms with E-state index in [1.165, 1.54) is 70.6 Å². The molecule has 1 atom stereocenters. The van der Waals surface area contributed by atoms with Crippen LogP contribution in [0, 0.1) is 11.8 Å². The maximum atomic E-state index is 2.45. The van der Waals surface area contributed by atoms with Gasteiger partial charge < -0.3 is 0 Å². The van der Waals surface area contributed by atoms with E-state index in [0.717, 1.165) is 11.8 Å². The lowest BCUT2D eigenvalue weighted by Gasteiger charge is -2.10. The van der Waals surface area contributed by atoms with E-state index in [-0.39, 0.29) is 0 Å². The van der Waals surface area contributed by atoms with E-state index < -0.39 is 0 Å². The molecule has 1 fully saturated rings. The van der Waals surface area contributed by atoms with Crippen LogP contribution in [0.5, 0.6) is 0 Å². The van der Waals surface area contributed by atoms with Crippen LogP contribution in [0.25, 0.3) is 0 Å². The normalized spacial score (nSPS) is 18.0. The fourth-order valence-corrected chi connectivity index (χ4v) is 2.40. The molecule has 0 heterocycles. The van der Waals surface area contributed by atoms with Gasteiger partial charge in [0.1, 0.15) is 0 Å². The highest BCUT2D eigenvalue weighted by atomic mass is 14.3. The summed E-state index contributed by atoms with van der Waals surface area (Å²) in [6.07, 6.45) is 16.3. The Kier molecular flexibility index (Phi) is 7.13. The first-order valence-electron chi connectivity index (χ1n) is 7.33. The van der Waals surface area contributed by atoms with Crippen molar-refractivity contribution in [2.45, 2.75) is 84.5 Å². The van der Waals surface area contributed by atoms with E-state index in [1.54, 1.807) is 0 Å². The standard InChI is InChI=1S/C15H30/c1-3-4-5-6-9-14(2)10-7-8-11-15-12-13-15/h14-15H,3-13H2,1-2H3. The number of hydrogen-bond donors (Lipinski definition) is 0. The third-order valence-corrected chi connectivity index (χ3v) is 3.81. The lowest BCUT2D eigenvalue weighted by molar-refractivity contribution is 0.433. The van der Waals surface area contributed by atoms with Crippen molar-refractivity contribution < 1.29 is 0 Å². The Bertz CT molecular complexity index is 135. The van der Waals surface area contributed by atoms with Gasteiger partial charge in [-0.2, -0.15) is 0 Å². The summed E-state index contributed by atoms with van der Waals surface area (Å²) in [5.74, 6) is 2.13. The molecule has 90 valence electrons. The fourth-order valence-electron chi connectivity index (χ4n) is 2.40. The fraction of sp³-hybridized carbons (Fsp3) is 1.00. The molecule has 0 aliphatic heterocycles. The van der Waals surface area contributed by atoms with Gasteiger partial charge >= 0.3 is 0 Å². The molecule has 1 aliphatic carbocycles. The minimum absolute atomic E-state index is 0.987. The van der Waals surface area contributed by atoms with E-state index in [0.29, 0.717) is 0 Å². The second-order valence-corrected chi connectivity index (χ2v) is 5.68. The third-order valence-electron chi connectivity index (χ3n) is 3.81. The number of hydrogen-bond acceptors (Lipinski definition) is 0. The summed E-state index contributed by atoms with van der Waals surface area (Å²) in [7, 11) is 0. The van der Waals surface area contributed by atoms with Gasteiger partial charge in [-0.25, -0.2) is 0 Å². The summed E-state index contributed by atoms with van der Waals surface area (Å²) in [4.78, 5) is 0. The zero-order valence-corrected chi connectivity index (χ0v) is 10.9. The van der Waals surface area contributed by atoms with E-state index in [4.69, 9.17) is 0 Å². The van der Waals surface area contributed by atoms with Crippen LogP contribution < -0.4 is 0 Å². The van der Waals surface area contributed by atoms with Gasteiger partial charge in [-0.3, -0.25) is 0 Å². The molecule has 1 aliphatic rings. The Morgan fingerprint density at radius 1 is 0.933 bits per heavy atom. The van der Waals surface area contributed by atoms with E-state index in [9.17, 15) is 0 Å². The topological polar surface area (TPSA) is 0 Å². The van der Waals surface area contributed by atoms with Crippen LogP contribution in [0.4, 0.5) is 0 Å². The summed E-state index contributed by atoms with van der Waals surface area (Å²) >= 11 is 0. The Morgan fingerprint density at radius 2 is 1.60 bits per heavy atom. The van der Waals surface area contributed by atoms with Crippen molar-refractivity contribution in [1.29, 1.82) is 0 Å². The van der Waals surface area contributed by atoms with Gasteiger partial charge in [0.15, 0.2) is 0 Å². The minimum Gasteiger partial charge on any atom is -0.0654 e. The highest BCUT2D eigenvalue weighted by Gasteiger charge is 2.19. The minimum atomic E-state index is 0.987. The highest BCUT2D eigenvalue weighted by molar-refractivity contribution is 4.72. The van der Waals surface area contributed by atoms with Gasteiger partial charge in [0.05, 0.1) is 0 Å². The van der Waals surface area contributed by atoms with Crippen LogP contribution in [0.2, 0.25) is 0 Å². The van der Waals surface area contributed by atoms with Crippen molar-refractivity contribution in [2.75, 3.05) is 0 Å². The summed E-state index contributed by atoms with van der Waals surface area (Å²) < 4.78 is 0. The first-order valence-corrected chi connectivity index (χ1v) is 7.33. The number of unbranched alkanes of at least 4 members (excludes halogenated alkanes) is 4. The molecular formula is C15H30. The predicted octanol–water partition coefficient (Wildman–Crippen LogP) is 5.56. The molecule has 1 saturated carbocycles. The van der Waals surface area contributed by atoms with E-state index in [1.807, 2.05) is 0 Å². The van der Waals surface area contributed by atoms with Gasteiger partial charge in [0.25, 0.3) is 0 Å². The second kappa shape index (κ2) is 8.19. The largest absolute Gasteiger partial charge is 0.0654 e. The molecule has 0 N–H and O–H groups in total. The molecule has 1 unspecified atom stereocenters. The van der Waals surface area contributed by atoms with Crippen molar-refractivity contribution >= 4 is 0 Å². The maximum absolute atomic E-state index is 2.45. The monoisotopic (exact) mass is 210 g/mol. The van der Waals surface area contributed by atoms with Crippen LogP contribution in [0.3, 0.4) is 0 Å². The molecule has 0 spiro atoms. The van der Waals surface area contributed by atoms with Gasteiger partial charge in [-0.15, -0.1) is 0 Å². The molecule has 0 nitrogen and oxygen atoms in total. The van der Waals surface area contributed by atoms with Gasteiger partial charge in [0.2, 0.25) is 0 Å². The Hall–Kier alpha value is 0. The van der Waals surface area contributed by atoms with Gasteiger partial charge in [0, 0.05) is 0 Å². The quantitative estimate of drug-likeness (QED) is 0.414. The zero-order chi connectivity index (χ0) is 10.9. The molecule has 0 radical (unpaired) electrons. The van der Waals surface area contributed by atoms with Crippen LogP contribution in [0.1, 0.15) is 84.5 Å². The van der Waals surface area contributed by atoms with Crippen LogP contribution in [-0.2, 0) is 0 Å². The van der Waals surface area contributed by atoms with Gasteiger partial charge in [-0.05, 0) is 11.8 Å². The summed E-state index contributed by atoms with van der Waals surface area (Å²) in [5, 5.41) is 0. The molecule has 0 bridgehead atoms. The second-order valence-electron chi connectivity index (χ2n) is 5.68. The van der Waals surface area contributed by atoms with Gasteiger partial charge in [-0.1, -0.05) is 84.5 Å². The maximum Gasteiger partial charge on any atom is -0.0414 e. The first kappa shape index (κ1) is 13.1. The molecule has 0 aromatic heterocycles. The molecule has 15 heavy (non-hydrogen) atoms. The van der Waals surface area contributed by atoms with Crippen molar-refractivity contribution in [3.63, 3.8) is 0 Å². The van der Waals surface area contributed by atoms with Crippen molar-refractivity contribution in [3.8, 4) is 0 Å². The molecule has 0 saturated heterocycles. The lowest BCUT2D eigenvalue weighted by Crippen LogP contribution is -1.95. The highest BCUT2D eigenvalue weighted by Crippen LogP contribution is 2.34. The van der Waals surface area contributed by atoms with Crippen molar-refractivity contribution in [3.05, 3.63) is 0 Å². The lowest BCUT2D eigenvalue weighted by atomic mass is 9.96. The van der Waals surface area contributed by atoms with Crippen LogP contribution in [-0.4, -0.2) is 0 Å². The molecule has 0 aromatic carbocycles. The smallest absolute Gasteiger partial charge is 0.0414 e. The Labute approximate surface area is 96.8 Å². The number of rotatable bonds is 10. The molecule has 0 aromatic rings. The third kappa shape index (κ3) is 7.88. The Balaban J connectivity index is 1.77. The molecule has 0 heteroatoms. The summed E-state index contributed by atoms with van der Waals surface area (Å²) in [6, 6.07) is 0. The zero-order valence-electron chi connectivity index (χ0n) is 10.9.